The molecule has 24 heavy (non-hydrogen) atoms. The van der Waals surface area contributed by atoms with Gasteiger partial charge in [0, 0.05) is 18.3 Å². The fourth-order valence-corrected chi connectivity index (χ4v) is 3.71. The van der Waals surface area contributed by atoms with Gasteiger partial charge < -0.3 is 9.64 Å². The van der Waals surface area contributed by atoms with E-state index in [-0.39, 0.29) is 11.9 Å². The normalized spacial score (nSPS) is 20.2. The predicted octanol–water partition coefficient (Wildman–Crippen LogP) is 2.92. The highest BCUT2D eigenvalue weighted by Crippen LogP contribution is 2.25. The molecule has 0 bridgehead atoms. The van der Waals surface area contributed by atoms with E-state index in [1.54, 1.807) is 0 Å². The lowest BCUT2D eigenvalue weighted by atomic mass is 9.99. The summed E-state index contributed by atoms with van der Waals surface area (Å²) in [6, 6.07) is 6.20. The number of likely N-dealkylation sites (tertiary alicyclic amines) is 1. The van der Waals surface area contributed by atoms with Crippen LogP contribution in [0.2, 0.25) is 0 Å². The maximum atomic E-state index is 13.1. The van der Waals surface area contributed by atoms with Crippen molar-refractivity contribution in [2.45, 2.75) is 52.0 Å². The van der Waals surface area contributed by atoms with Crippen LogP contribution in [0.4, 0.5) is 0 Å². The summed E-state index contributed by atoms with van der Waals surface area (Å²) in [5.74, 6) is 0.137. The number of rotatable bonds is 3. The van der Waals surface area contributed by atoms with Gasteiger partial charge in [-0.15, -0.1) is 0 Å². The van der Waals surface area contributed by atoms with Gasteiger partial charge in [0.1, 0.15) is 0 Å². The predicted molar refractivity (Wildman–Crippen MR) is 90.6 cm³/mol. The second-order valence-electron chi connectivity index (χ2n) is 6.86. The zero-order chi connectivity index (χ0) is 16.5. The third-order valence-corrected chi connectivity index (χ3v) is 5.02. The SMILES string of the molecule is Cc1cnn(C[C@H]2CCCCN2C(=O)c2ccc3c(c2)COC3)c1. The molecule has 5 heteroatoms. The van der Waals surface area contributed by atoms with E-state index in [1.807, 2.05) is 47.1 Å². The monoisotopic (exact) mass is 325 g/mol. The van der Waals surface area contributed by atoms with Gasteiger partial charge in [0.05, 0.1) is 32.0 Å². The van der Waals surface area contributed by atoms with E-state index in [4.69, 9.17) is 4.74 Å². The number of fused-ring (bicyclic) bond motifs is 1. The van der Waals surface area contributed by atoms with Crippen molar-refractivity contribution in [3.8, 4) is 0 Å². The summed E-state index contributed by atoms with van der Waals surface area (Å²) in [6.07, 6.45) is 7.21. The summed E-state index contributed by atoms with van der Waals surface area (Å²) in [5.41, 5.74) is 4.29. The number of aryl methyl sites for hydroxylation is 1. The molecule has 3 heterocycles. The fourth-order valence-electron chi connectivity index (χ4n) is 3.71. The molecule has 0 saturated carbocycles. The highest BCUT2D eigenvalue weighted by atomic mass is 16.5. The van der Waals surface area contributed by atoms with Gasteiger partial charge in [0.15, 0.2) is 0 Å². The van der Waals surface area contributed by atoms with Crippen LogP contribution in [0.15, 0.2) is 30.6 Å². The van der Waals surface area contributed by atoms with E-state index in [0.29, 0.717) is 13.2 Å². The Morgan fingerprint density at radius 3 is 3.00 bits per heavy atom. The Morgan fingerprint density at radius 1 is 1.29 bits per heavy atom. The smallest absolute Gasteiger partial charge is 0.254 e. The third kappa shape index (κ3) is 2.96. The number of piperidine rings is 1. The first-order valence-corrected chi connectivity index (χ1v) is 8.70. The Balaban J connectivity index is 1.54. The summed E-state index contributed by atoms with van der Waals surface area (Å²) in [7, 11) is 0. The molecule has 2 aromatic rings. The molecule has 2 aliphatic rings. The molecule has 0 unspecified atom stereocenters. The molecular weight excluding hydrogens is 302 g/mol. The Hall–Kier alpha value is -2.14. The minimum absolute atomic E-state index is 0.137. The largest absolute Gasteiger partial charge is 0.372 e. The topological polar surface area (TPSA) is 47.4 Å². The van der Waals surface area contributed by atoms with Crippen LogP contribution in [0.25, 0.3) is 0 Å². The van der Waals surface area contributed by atoms with E-state index in [1.165, 1.54) is 12.0 Å². The minimum Gasteiger partial charge on any atom is -0.372 e. The molecule has 1 atom stereocenters. The van der Waals surface area contributed by atoms with Crippen molar-refractivity contribution < 1.29 is 9.53 Å². The second kappa shape index (κ2) is 6.40. The average Bonchev–Trinajstić information content (AvgIpc) is 3.22. The van der Waals surface area contributed by atoms with Crippen molar-refractivity contribution in [2.75, 3.05) is 6.54 Å². The standard InChI is InChI=1S/C19H23N3O2/c1-14-9-20-21(10-14)11-18-4-2-3-7-22(18)19(23)15-5-6-16-12-24-13-17(16)8-15/h5-6,8-10,18H,2-4,7,11-13H2,1H3/t18-/m1/s1. The number of carbonyl (C=O) groups excluding carboxylic acids is 1. The van der Waals surface area contributed by atoms with Crippen molar-refractivity contribution >= 4 is 5.91 Å². The van der Waals surface area contributed by atoms with Crippen molar-refractivity contribution in [1.29, 1.82) is 0 Å². The van der Waals surface area contributed by atoms with Crippen LogP contribution in [0.5, 0.6) is 0 Å². The Kier molecular flexibility index (Phi) is 4.10. The van der Waals surface area contributed by atoms with E-state index < -0.39 is 0 Å². The number of nitrogens with zero attached hydrogens (tertiary/aromatic N) is 3. The first-order chi connectivity index (χ1) is 11.7. The average molecular weight is 325 g/mol. The summed E-state index contributed by atoms with van der Waals surface area (Å²) in [5, 5.41) is 4.39. The number of benzene rings is 1. The number of carbonyl (C=O) groups is 1. The number of hydrogen-bond acceptors (Lipinski definition) is 3. The van der Waals surface area contributed by atoms with Crippen molar-refractivity contribution in [2.24, 2.45) is 0 Å². The summed E-state index contributed by atoms with van der Waals surface area (Å²) in [6.45, 7) is 4.92. The summed E-state index contributed by atoms with van der Waals surface area (Å²) in [4.78, 5) is 15.1. The van der Waals surface area contributed by atoms with Gasteiger partial charge in [0.25, 0.3) is 5.91 Å². The van der Waals surface area contributed by atoms with Gasteiger partial charge >= 0.3 is 0 Å². The Labute approximate surface area is 142 Å². The molecule has 126 valence electrons. The zero-order valence-corrected chi connectivity index (χ0v) is 14.1. The van der Waals surface area contributed by atoms with Crippen molar-refractivity contribution in [3.63, 3.8) is 0 Å². The maximum absolute atomic E-state index is 13.1. The van der Waals surface area contributed by atoms with E-state index in [9.17, 15) is 4.79 Å². The minimum atomic E-state index is 0.137. The summed E-state index contributed by atoms with van der Waals surface area (Å²) >= 11 is 0. The molecule has 2 aliphatic heterocycles. The maximum Gasteiger partial charge on any atom is 0.254 e. The Morgan fingerprint density at radius 2 is 2.17 bits per heavy atom. The lowest BCUT2D eigenvalue weighted by Crippen LogP contribution is -2.46. The Bertz CT molecular complexity index is 753. The van der Waals surface area contributed by atoms with Gasteiger partial charge in [0.2, 0.25) is 0 Å². The van der Waals surface area contributed by atoms with Crippen LogP contribution in [0.1, 0.15) is 46.3 Å². The first-order valence-electron chi connectivity index (χ1n) is 8.70. The van der Waals surface area contributed by atoms with Gasteiger partial charge in [-0.25, -0.2) is 0 Å². The molecule has 4 rings (SSSR count). The molecule has 1 aromatic carbocycles. The molecule has 0 aliphatic carbocycles. The first kappa shape index (κ1) is 15.4. The number of hydrogen-bond donors (Lipinski definition) is 0. The van der Waals surface area contributed by atoms with Crippen LogP contribution in [0, 0.1) is 6.92 Å². The number of aromatic nitrogens is 2. The van der Waals surface area contributed by atoms with Gasteiger partial charge in [-0.3, -0.25) is 9.48 Å². The highest BCUT2D eigenvalue weighted by molar-refractivity contribution is 5.94. The van der Waals surface area contributed by atoms with Crippen molar-refractivity contribution in [1.82, 2.24) is 14.7 Å². The van der Waals surface area contributed by atoms with Gasteiger partial charge in [-0.05, 0) is 55.0 Å². The molecule has 1 amide bonds. The molecule has 0 N–H and O–H groups in total. The molecular formula is C19H23N3O2. The molecule has 1 aromatic heterocycles. The number of ether oxygens (including phenoxy) is 1. The quantitative estimate of drug-likeness (QED) is 0.872. The molecule has 1 fully saturated rings. The van der Waals surface area contributed by atoms with Gasteiger partial charge in [-0.2, -0.15) is 5.10 Å². The van der Waals surface area contributed by atoms with Crippen LogP contribution in [-0.4, -0.2) is 33.2 Å². The van der Waals surface area contributed by atoms with Crippen LogP contribution in [-0.2, 0) is 24.5 Å². The van der Waals surface area contributed by atoms with Crippen LogP contribution >= 0.6 is 0 Å². The zero-order valence-electron chi connectivity index (χ0n) is 14.1. The van der Waals surface area contributed by atoms with E-state index >= 15 is 0 Å². The lowest BCUT2D eigenvalue weighted by Gasteiger charge is -2.36. The number of amides is 1. The third-order valence-electron chi connectivity index (χ3n) is 5.02. The molecule has 5 nitrogen and oxygen atoms in total. The van der Waals surface area contributed by atoms with Crippen LogP contribution < -0.4 is 0 Å². The molecule has 1 saturated heterocycles. The highest BCUT2D eigenvalue weighted by Gasteiger charge is 2.28. The molecule has 0 radical (unpaired) electrons. The van der Waals surface area contributed by atoms with E-state index in [0.717, 1.165) is 42.6 Å². The van der Waals surface area contributed by atoms with Crippen molar-refractivity contribution in [3.05, 3.63) is 52.8 Å². The van der Waals surface area contributed by atoms with Gasteiger partial charge in [-0.1, -0.05) is 6.07 Å². The van der Waals surface area contributed by atoms with Crippen LogP contribution in [0.3, 0.4) is 0 Å². The van der Waals surface area contributed by atoms with E-state index in [2.05, 4.69) is 5.10 Å². The molecule has 0 spiro atoms. The second-order valence-corrected chi connectivity index (χ2v) is 6.86. The summed E-state index contributed by atoms with van der Waals surface area (Å²) < 4.78 is 7.42. The fraction of sp³-hybridized carbons (Fsp3) is 0.474. The lowest BCUT2D eigenvalue weighted by molar-refractivity contribution is 0.0583.